The molecule has 0 heterocycles. The molecule has 6 heteroatoms. The molecule has 0 aliphatic heterocycles. The predicted molar refractivity (Wildman–Crippen MR) is 49.3 cm³/mol. The van der Waals surface area contributed by atoms with E-state index in [1.807, 2.05) is 0 Å². The van der Waals surface area contributed by atoms with Crippen LogP contribution in [0.25, 0.3) is 0 Å². The van der Waals surface area contributed by atoms with E-state index in [1.165, 1.54) is 6.92 Å². The Kier molecular flexibility index (Phi) is 4.90. The topological polar surface area (TPSA) is 53.1 Å². The number of hydrogen-bond donors (Lipinski definition) is 2. The van der Waals surface area contributed by atoms with E-state index in [4.69, 9.17) is 11.1 Å². The molecule has 0 aliphatic carbocycles. The quantitative estimate of drug-likeness (QED) is 0.536. The summed E-state index contributed by atoms with van der Waals surface area (Å²) in [5.74, 6) is -0.234. The molecule has 0 aliphatic rings. The van der Waals surface area contributed by atoms with Gasteiger partial charge in [0.05, 0.1) is 12.6 Å². The lowest BCUT2D eigenvalue weighted by Crippen LogP contribution is -2.46. The second-order valence-electron chi connectivity index (χ2n) is 3.22. The maximum atomic E-state index is 12.1. The predicted octanol–water partition coefficient (Wildman–Crippen LogP) is 1.59. The Balaban J connectivity index is 4.36. The molecule has 3 N–H and O–H groups in total. The first-order chi connectivity index (χ1) is 6.28. The van der Waals surface area contributed by atoms with Crippen molar-refractivity contribution in [2.24, 2.45) is 5.73 Å². The molecule has 0 fully saturated rings. The highest BCUT2D eigenvalue weighted by Crippen LogP contribution is 2.18. The van der Waals surface area contributed by atoms with E-state index in [-0.39, 0.29) is 5.84 Å². The molecule has 14 heavy (non-hydrogen) atoms. The fraction of sp³-hybridized carbons (Fsp3) is 0.875. The average molecular weight is 211 g/mol. The molecule has 84 valence electrons. The van der Waals surface area contributed by atoms with Crippen LogP contribution in [0.15, 0.2) is 0 Å². The summed E-state index contributed by atoms with van der Waals surface area (Å²) < 4.78 is 36.3. The van der Waals surface area contributed by atoms with E-state index >= 15 is 0 Å². The Morgan fingerprint density at radius 3 is 2.29 bits per heavy atom. The van der Waals surface area contributed by atoms with Crippen LogP contribution in [0.4, 0.5) is 13.2 Å². The van der Waals surface area contributed by atoms with Crippen molar-refractivity contribution in [3.8, 4) is 0 Å². The van der Waals surface area contributed by atoms with Crippen LogP contribution in [0, 0.1) is 5.41 Å². The van der Waals surface area contributed by atoms with Gasteiger partial charge in [-0.1, -0.05) is 6.92 Å². The molecule has 0 aromatic heterocycles. The highest BCUT2D eigenvalue weighted by Gasteiger charge is 2.32. The monoisotopic (exact) mass is 211 g/mol. The molecule has 3 nitrogen and oxygen atoms in total. The molecule has 0 bridgehead atoms. The number of rotatable bonds is 5. The van der Waals surface area contributed by atoms with Gasteiger partial charge in [0.15, 0.2) is 0 Å². The van der Waals surface area contributed by atoms with E-state index in [9.17, 15) is 13.2 Å². The van der Waals surface area contributed by atoms with Gasteiger partial charge in [-0.15, -0.1) is 0 Å². The van der Waals surface area contributed by atoms with Gasteiger partial charge in [-0.2, -0.15) is 13.2 Å². The van der Waals surface area contributed by atoms with E-state index in [0.29, 0.717) is 13.0 Å². The minimum atomic E-state index is -4.24. The first-order valence-corrected chi connectivity index (χ1v) is 4.42. The van der Waals surface area contributed by atoms with Crippen LogP contribution in [0.1, 0.15) is 20.3 Å². The molecule has 0 aromatic rings. The summed E-state index contributed by atoms with van der Waals surface area (Å²) in [4.78, 5) is 1.16. The van der Waals surface area contributed by atoms with Crippen LogP contribution in [0.3, 0.4) is 0 Å². The second kappa shape index (κ2) is 5.19. The maximum absolute atomic E-state index is 12.1. The first-order valence-electron chi connectivity index (χ1n) is 4.42. The normalized spacial score (nSPS) is 14.4. The molecular formula is C8H16F3N3. The lowest BCUT2D eigenvalue weighted by molar-refractivity contribution is -0.147. The Hall–Kier alpha value is -0.780. The molecule has 1 unspecified atom stereocenters. The van der Waals surface area contributed by atoms with Crippen molar-refractivity contribution in [2.75, 3.05) is 13.1 Å². The number of nitrogens with zero attached hydrogens (tertiary/aromatic N) is 1. The van der Waals surface area contributed by atoms with E-state index < -0.39 is 18.8 Å². The summed E-state index contributed by atoms with van der Waals surface area (Å²) >= 11 is 0. The van der Waals surface area contributed by atoms with E-state index in [0.717, 1.165) is 4.90 Å². The van der Waals surface area contributed by atoms with Crippen molar-refractivity contribution in [3.63, 3.8) is 0 Å². The third-order valence-electron chi connectivity index (χ3n) is 1.89. The zero-order chi connectivity index (χ0) is 11.4. The maximum Gasteiger partial charge on any atom is 0.401 e. The minimum absolute atomic E-state index is 0.234. The molecular weight excluding hydrogens is 195 g/mol. The van der Waals surface area contributed by atoms with Crippen molar-refractivity contribution < 1.29 is 13.2 Å². The summed E-state index contributed by atoms with van der Waals surface area (Å²) in [6.07, 6.45) is -3.63. The van der Waals surface area contributed by atoms with Crippen molar-refractivity contribution in [1.29, 1.82) is 5.41 Å². The largest absolute Gasteiger partial charge is 0.401 e. The fourth-order valence-corrected chi connectivity index (χ4v) is 1.12. The fourth-order valence-electron chi connectivity index (χ4n) is 1.12. The van der Waals surface area contributed by atoms with Gasteiger partial charge in [0.2, 0.25) is 0 Å². The molecule has 0 spiro atoms. The van der Waals surface area contributed by atoms with Gasteiger partial charge in [-0.05, 0) is 19.9 Å². The zero-order valence-corrected chi connectivity index (χ0v) is 8.36. The molecule has 0 rings (SSSR count). The zero-order valence-electron chi connectivity index (χ0n) is 8.36. The Morgan fingerprint density at radius 1 is 1.50 bits per heavy atom. The third kappa shape index (κ3) is 5.06. The number of halogens is 3. The Labute approximate surface area is 81.6 Å². The SMILES string of the molecule is CCCN(CC(F)(F)F)C(C)C(=N)N. The number of amidine groups is 1. The molecule has 0 saturated carbocycles. The summed E-state index contributed by atoms with van der Waals surface area (Å²) in [6.45, 7) is 2.57. The summed E-state index contributed by atoms with van der Waals surface area (Å²) in [7, 11) is 0. The second-order valence-corrected chi connectivity index (χ2v) is 3.22. The standard InChI is InChI=1S/C8H16F3N3/c1-3-4-14(5-8(9,10)11)6(2)7(12)13/h6H,3-5H2,1-2H3,(H3,12,13). The van der Waals surface area contributed by atoms with Crippen molar-refractivity contribution in [2.45, 2.75) is 32.5 Å². The first kappa shape index (κ1) is 13.2. The molecule has 1 atom stereocenters. The van der Waals surface area contributed by atoms with Gasteiger partial charge in [-0.3, -0.25) is 10.3 Å². The molecule has 0 saturated heterocycles. The third-order valence-corrected chi connectivity index (χ3v) is 1.89. The minimum Gasteiger partial charge on any atom is -0.386 e. The van der Waals surface area contributed by atoms with Gasteiger partial charge >= 0.3 is 6.18 Å². The van der Waals surface area contributed by atoms with Crippen LogP contribution in [0.2, 0.25) is 0 Å². The molecule has 0 radical (unpaired) electrons. The Morgan fingerprint density at radius 2 is 2.00 bits per heavy atom. The number of nitrogens with two attached hydrogens (primary N) is 1. The van der Waals surface area contributed by atoms with Gasteiger partial charge in [0.1, 0.15) is 5.84 Å². The summed E-state index contributed by atoms with van der Waals surface area (Å²) in [6, 6.07) is -0.656. The van der Waals surface area contributed by atoms with Crippen LogP contribution in [0.5, 0.6) is 0 Å². The van der Waals surface area contributed by atoms with Crippen LogP contribution < -0.4 is 5.73 Å². The lowest BCUT2D eigenvalue weighted by Gasteiger charge is -2.28. The van der Waals surface area contributed by atoms with E-state index in [2.05, 4.69) is 0 Å². The number of nitrogens with one attached hydrogen (secondary N) is 1. The van der Waals surface area contributed by atoms with Crippen molar-refractivity contribution in [1.82, 2.24) is 4.90 Å². The highest BCUT2D eigenvalue weighted by atomic mass is 19.4. The van der Waals surface area contributed by atoms with Crippen LogP contribution in [-0.2, 0) is 0 Å². The molecule has 0 amide bonds. The lowest BCUT2D eigenvalue weighted by atomic mass is 10.2. The van der Waals surface area contributed by atoms with Crippen LogP contribution >= 0.6 is 0 Å². The van der Waals surface area contributed by atoms with E-state index in [1.54, 1.807) is 6.92 Å². The average Bonchev–Trinajstić information content (AvgIpc) is 1.99. The van der Waals surface area contributed by atoms with Gasteiger partial charge in [0, 0.05) is 0 Å². The summed E-state index contributed by atoms with van der Waals surface area (Å²) in [5, 5.41) is 7.09. The smallest absolute Gasteiger partial charge is 0.386 e. The number of hydrogen-bond acceptors (Lipinski definition) is 2. The van der Waals surface area contributed by atoms with Gasteiger partial charge in [-0.25, -0.2) is 0 Å². The van der Waals surface area contributed by atoms with Gasteiger partial charge < -0.3 is 5.73 Å². The Bertz CT molecular complexity index is 191. The van der Waals surface area contributed by atoms with Crippen LogP contribution in [-0.4, -0.2) is 36.0 Å². The van der Waals surface area contributed by atoms with Crippen molar-refractivity contribution >= 4 is 5.84 Å². The highest BCUT2D eigenvalue weighted by molar-refractivity contribution is 5.82. The molecule has 0 aromatic carbocycles. The van der Waals surface area contributed by atoms with Crippen molar-refractivity contribution in [3.05, 3.63) is 0 Å². The number of alkyl halides is 3. The van der Waals surface area contributed by atoms with Gasteiger partial charge in [0.25, 0.3) is 0 Å². The summed E-state index contributed by atoms with van der Waals surface area (Å²) in [5.41, 5.74) is 5.16.